The fourth-order valence-electron chi connectivity index (χ4n) is 2.12. The monoisotopic (exact) mass is 238 g/mol. The van der Waals surface area contributed by atoms with Gasteiger partial charge in [-0.1, -0.05) is 30.3 Å². The van der Waals surface area contributed by atoms with E-state index in [0.29, 0.717) is 6.42 Å². The third kappa shape index (κ3) is 2.13. The molecule has 0 radical (unpaired) electrons. The molecule has 0 spiro atoms. The topological polar surface area (TPSA) is 48.9 Å². The third-order valence-corrected chi connectivity index (χ3v) is 3.08. The second-order valence-electron chi connectivity index (χ2n) is 4.39. The summed E-state index contributed by atoms with van der Waals surface area (Å²) >= 11 is 0. The van der Waals surface area contributed by atoms with Crippen LogP contribution in [0, 0.1) is 0 Å². The number of nitrogens with zero attached hydrogens (tertiary/aromatic N) is 1. The molecule has 1 aromatic carbocycles. The molecule has 0 amide bonds. The first kappa shape index (κ1) is 11.0. The van der Waals surface area contributed by atoms with Crippen LogP contribution >= 0.6 is 0 Å². The molecule has 3 nitrogen and oxygen atoms in total. The molecule has 0 aliphatic rings. The highest BCUT2D eigenvalue weighted by Crippen LogP contribution is 2.21. The molecule has 2 aromatic heterocycles. The zero-order chi connectivity index (χ0) is 12.4. The highest BCUT2D eigenvalue weighted by molar-refractivity contribution is 5.79. The van der Waals surface area contributed by atoms with E-state index in [9.17, 15) is 5.11 Å². The van der Waals surface area contributed by atoms with Gasteiger partial charge < -0.3 is 10.1 Å². The molecule has 18 heavy (non-hydrogen) atoms. The standard InChI is InChI=1S/C15H14N2O/c18-15(8-11-4-2-1-3-5-11)13-9-12-6-7-16-10-14(12)17-13/h1-7,9-10,15,17-18H,8H2. The Kier molecular flexibility index (Phi) is 2.82. The van der Waals surface area contributed by atoms with E-state index in [2.05, 4.69) is 9.97 Å². The number of aliphatic hydroxyl groups excluding tert-OH is 1. The normalized spacial score (nSPS) is 12.7. The Morgan fingerprint density at radius 1 is 1.17 bits per heavy atom. The highest BCUT2D eigenvalue weighted by atomic mass is 16.3. The fraction of sp³-hybridized carbons (Fsp3) is 0.133. The number of aliphatic hydroxyl groups is 1. The van der Waals surface area contributed by atoms with Crippen molar-refractivity contribution in [2.24, 2.45) is 0 Å². The first-order valence-corrected chi connectivity index (χ1v) is 5.97. The maximum atomic E-state index is 10.2. The van der Waals surface area contributed by atoms with Crippen molar-refractivity contribution < 1.29 is 5.11 Å². The van der Waals surface area contributed by atoms with Crippen LogP contribution in [-0.4, -0.2) is 15.1 Å². The van der Waals surface area contributed by atoms with E-state index in [4.69, 9.17) is 0 Å². The number of nitrogens with one attached hydrogen (secondary N) is 1. The van der Waals surface area contributed by atoms with Crippen molar-refractivity contribution in [1.29, 1.82) is 0 Å². The van der Waals surface area contributed by atoms with Crippen molar-refractivity contribution in [1.82, 2.24) is 9.97 Å². The summed E-state index contributed by atoms with van der Waals surface area (Å²) in [5.74, 6) is 0. The summed E-state index contributed by atoms with van der Waals surface area (Å²) in [6, 6.07) is 13.9. The van der Waals surface area contributed by atoms with Gasteiger partial charge in [0.25, 0.3) is 0 Å². The van der Waals surface area contributed by atoms with Crippen molar-refractivity contribution in [2.45, 2.75) is 12.5 Å². The van der Waals surface area contributed by atoms with E-state index >= 15 is 0 Å². The van der Waals surface area contributed by atoms with Gasteiger partial charge in [0.1, 0.15) is 0 Å². The summed E-state index contributed by atoms with van der Waals surface area (Å²) in [5.41, 5.74) is 2.92. The number of benzene rings is 1. The maximum absolute atomic E-state index is 10.2. The molecule has 1 atom stereocenters. The second-order valence-corrected chi connectivity index (χ2v) is 4.39. The number of H-pyrrole nitrogens is 1. The Morgan fingerprint density at radius 3 is 2.78 bits per heavy atom. The molecule has 0 bridgehead atoms. The molecule has 2 heterocycles. The average Bonchev–Trinajstić information content (AvgIpc) is 2.84. The van der Waals surface area contributed by atoms with Gasteiger partial charge in [-0.3, -0.25) is 4.98 Å². The van der Waals surface area contributed by atoms with Crippen LogP contribution in [0.3, 0.4) is 0 Å². The quantitative estimate of drug-likeness (QED) is 0.737. The van der Waals surface area contributed by atoms with Gasteiger partial charge in [-0.2, -0.15) is 0 Å². The zero-order valence-corrected chi connectivity index (χ0v) is 9.88. The van der Waals surface area contributed by atoms with Gasteiger partial charge in [0.05, 0.1) is 17.8 Å². The lowest BCUT2D eigenvalue weighted by Crippen LogP contribution is -2.01. The van der Waals surface area contributed by atoms with E-state index < -0.39 is 6.10 Å². The summed E-state index contributed by atoms with van der Waals surface area (Å²) in [6.45, 7) is 0. The first-order valence-electron chi connectivity index (χ1n) is 5.97. The molecule has 0 aliphatic heterocycles. The van der Waals surface area contributed by atoms with E-state index in [1.165, 1.54) is 0 Å². The SMILES string of the molecule is OC(Cc1ccccc1)c1cc2ccncc2[nH]1. The molecule has 0 saturated carbocycles. The minimum absolute atomic E-state index is 0.514. The zero-order valence-electron chi connectivity index (χ0n) is 9.88. The Hall–Kier alpha value is -2.13. The van der Waals surface area contributed by atoms with Crippen molar-refractivity contribution in [2.75, 3.05) is 0 Å². The van der Waals surface area contributed by atoms with Crippen LogP contribution < -0.4 is 0 Å². The number of rotatable bonds is 3. The lowest BCUT2D eigenvalue weighted by molar-refractivity contribution is 0.174. The molecular weight excluding hydrogens is 224 g/mol. The molecule has 3 aromatic rings. The van der Waals surface area contributed by atoms with Crippen LogP contribution in [0.25, 0.3) is 10.9 Å². The minimum Gasteiger partial charge on any atom is -0.387 e. The van der Waals surface area contributed by atoms with E-state index in [-0.39, 0.29) is 0 Å². The largest absolute Gasteiger partial charge is 0.387 e. The highest BCUT2D eigenvalue weighted by Gasteiger charge is 2.11. The van der Waals surface area contributed by atoms with Crippen LogP contribution in [0.5, 0.6) is 0 Å². The van der Waals surface area contributed by atoms with E-state index in [0.717, 1.165) is 22.2 Å². The minimum atomic E-state index is -0.514. The summed E-state index contributed by atoms with van der Waals surface area (Å²) in [7, 11) is 0. The van der Waals surface area contributed by atoms with Crippen LogP contribution in [0.15, 0.2) is 54.9 Å². The molecule has 90 valence electrons. The molecule has 0 aliphatic carbocycles. The van der Waals surface area contributed by atoms with Gasteiger partial charge in [0, 0.05) is 23.7 Å². The number of fused-ring (bicyclic) bond motifs is 1. The van der Waals surface area contributed by atoms with Crippen LogP contribution in [0.2, 0.25) is 0 Å². The van der Waals surface area contributed by atoms with E-state index in [1.807, 2.05) is 42.5 Å². The number of hydrogen-bond acceptors (Lipinski definition) is 2. The Balaban J connectivity index is 1.86. The fourth-order valence-corrected chi connectivity index (χ4v) is 2.12. The average molecular weight is 238 g/mol. The predicted octanol–water partition coefficient (Wildman–Crippen LogP) is 2.84. The molecule has 3 rings (SSSR count). The Bertz CT molecular complexity index is 613. The Morgan fingerprint density at radius 2 is 2.00 bits per heavy atom. The summed E-state index contributed by atoms with van der Waals surface area (Å²) < 4.78 is 0. The lowest BCUT2D eigenvalue weighted by atomic mass is 10.1. The van der Waals surface area contributed by atoms with Gasteiger partial charge in [-0.15, -0.1) is 0 Å². The maximum Gasteiger partial charge on any atom is 0.0978 e. The Labute approximate surface area is 105 Å². The molecule has 0 saturated heterocycles. The molecule has 1 unspecified atom stereocenters. The number of pyridine rings is 1. The van der Waals surface area contributed by atoms with Gasteiger partial charge in [-0.25, -0.2) is 0 Å². The van der Waals surface area contributed by atoms with Crippen molar-refractivity contribution in [3.8, 4) is 0 Å². The molecule has 0 fully saturated rings. The number of aromatic amines is 1. The van der Waals surface area contributed by atoms with Gasteiger partial charge >= 0.3 is 0 Å². The molecule has 2 N–H and O–H groups in total. The number of aromatic nitrogens is 2. The van der Waals surface area contributed by atoms with Crippen molar-refractivity contribution >= 4 is 10.9 Å². The van der Waals surface area contributed by atoms with Gasteiger partial charge in [-0.05, 0) is 17.7 Å². The van der Waals surface area contributed by atoms with Gasteiger partial charge in [0.2, 0.25) is 0 Å². The second kappa shape index (κ2) is 4.63. The van der Waals surface area contributed by atoms with Crippen molar-refractivity contribution in [3.63, 3.8) is 0 Å². The van der Waals surface area contributed by atoms with Crippen LogP contribution in [0.4, 0.5) is 0 Å². The van der Waals surface area contributed by atoms with E-state index in [1.54, 1.807) is 12.4 Å². The van der Waals surface area contributed by atoms with Crippen molar-refractivity contribution in [3.05, 3.63) is 66.1 Å². The van der Waals surface area contributed by atoms with Crippen LogP contribution in [0.1, 0.15) is 17.4 Å². The molecule has 3 heteroatoms. The van der Waals surface area contributed by atoms with Gasteiger partial charge in [0.15, 0.2) is 0 Å². The summed E-state index contributed by atoms with van der Waals surface area (Å²) in [4.78, 5) is 7.26. The first-order chi connectivity index (χ1) is 8.83. The smallest absolute Gasteiger partial charge is 0.0978 e. The summed E-state index contributed by atoms with van der Waals surface area (Å²) in [5, 5.41) is 11.3. The summed E-state index contributed by atoms with van der Waals surface area (Å²) in [6.07, 6.45) is 3.62. The number of hydrogen-bond donors (Lipinski definition) is 2. The third-order valence-electron chi connectivity index (χ3n) is 3.08. The molecular formula is C15H14N2O. The lowest BCUT2D eigenvalue weighted by Gasteiger charge is -2.08. The predicted molar refractivity (Wildman–Crippen MR) is 71.2 cm³/mol. The van der Waals surface area contributed by atoms with Crippen LogP contribution in [-0.2, 0) is 6.42 Å².